The maximum Gasteiger partial charge on any atom is 0.273 e. The van der Waals surface area contributed by atoms with Gasteiger partial charge in [-0.2, -0.15) is 0 Å². The number of benzene rings is 2. The standard InChI is InChI=1S/C20H17N3OS/c1-13-7-6-8-14(2)18(13)22-19(24)17-12-25-20-21-16(11-23(17)20)15-9-4-3-5-10-15/h3-12H,1-2H3,(H,22,24). The first-order chi connectivity index (χ1) is 12.1. The van der Waals surface area contributed by atoms with Crippen molar-refractivity contribution in [3.8, 4) is 11.3 Å². The Kier molecular flexibility index (Phi) is 3.86. The predicted molar refractivity (Wildman–Crippen MR) is 102 cm³/mol. The van der Waals surface area contributed by atoms with Gasteiger partial charge in [-0.05, 0) is 25.0 Å². The summed E-state index contributed by atoms with van der Waals surface area (Å²) in [5.74, 6) is -0.124. The minimum absolute atomic E-state index is 0.124. The molecule has 0 radical (unpaired) electrons. The van der Waals surface area contributed by atoms with Crippen LogP contribution in [0.25, 0.3) is 16.2 Å². The van der Waals surface area contributed by atoms with Crippen LogP contribution in [0.15, 0.2) is 60.1 Å². The topological polar surface area (TPSA) is 46.4 Å². The Bertz CT molecular complexity index is 1040. The number of aryl methyl sites for hydroxylation is 2. The van der Waals surface area contributed by atoms with Crippen LogP contribution in [0.1, 0.15) is 21.6 Å². The van der Waals surface area contributed by atoms with Crippen molar-refractivity contribution in [2.75, 3.05) is 5.32 Å². The lowest BCUT2D eigenvalue weighted by atomic mass is 10.1. The van der Waals surface area contributed by atoms with E-state index < -0.39 is 0 Å². The molecule has 4 nitrogen and oxygen atoms in total. The maximum atomic E-state index is 12.8. The highest BCUT2D eigenvalue weighted by atomic mass is 32.1. The van der Waals surface area contributed by atoms with Crippen molar-refractivity contribution in [3.63, 3.8) is 0 Å². The van der Waals surface area contributed by atoms with Gasteiger partial charge in [0.2, 0.25) is 0 Å². The summed E-state index contributed by atoms with van der Waals surface area (Å²) < 4.78 is 1.86. The summed E-state index contributed by atoms with van der Waals surface area (Å²) in [5.41, 5.74) is 5.48. The molecular formula is C20H17N3OS. The van der Waals surface area contributed by atoms with Gasteiger partial charge in [-0.15, -0.1) is 11.3 Å². The van der Waals surface area contributed by atoms with Crippen LogP contribution in [0.4, 0.5) is 5.69 Å². The van der Waals surface area contributed by atoms with Gasteiger partial charge in [-0.25, -0.2) is 4.98 Å². The third-order valence-corrected chi connectivity index (χ3v) is 5.07. The second kappa shape index (κ2) is 6.18. The van der Waals surface area contributed by atoms with Crippen molar-refractivity contribution in [1.82, 2.24) is 9.38 Å². The molecule has 0 spiro atoms. The van der Waals surface area contributed by atoms with Crippen LogP contribution in [0.5, 0.6) is 0 Å². The molecular weight excluding hydrogens is 330 g/mol. The predicted octanol–water partition coefficient (Wildman–Crippen LogP) is 4.93. The summed E-state index contributed by atoms with van der Waals surface area (Å²) >= 11 is 1.47. The van der Waals surface area contributed by atoms with Gasteiger partial charge in [-0.1, -0.05) is 48.5 Å². The Morgan fingerprint density at radius 3 is 2.48 bits per heavy atom. The van der Waals surface area contributed by atoms with Crippen molar-refractivity contribution in [3.05, 3.63) is 76.9 Å². The molecule has 0 aliphatic carbocycles. The Hall–Kier alpha value is -2.92. The van der Waals surface area contributed by atoms with E-state index in [2.05, 4.69) is 10.3 Å². The van der Waals surface area contributed by atoms with Gasteiger partial charge in [0.25, 0.3) is 5.91 Å². The first-order valence-corrected chi connectivity index (χ1v) is 8.91. The maximum absolute atomic E-state index is 12.8. The van der Waals surface area contributed by atoms with Crippen LogP contribution >= 0.6 is 11.3 Å². The van der Waals surface area contributed by atoms with E-state index in [0.717, 1.165) is 33.0 Å². The number of nitrogens with zero attached hydrogens (tertiary/aromatic N) is 2. The van der Waals surface area contributed by atoms with Crippen LogP contribution in [0.2, 0.25) is 0 Å². The summed E-state index contributed by atoms with van der Waals surface area (Å²) in [4.78, 5) is 18.2. The molecule has 0 fully saturated rings. The lowest BCUT2D eigenvalue weighted by Gasteiger charge is -2.10. The number of carbonyl (C=O) groups excluding carboxylic acids is 1. The number of carbonyl (C=O) groups is 1. The van der Waals surface area contributed by atoms with E-state index in [0.29, 0.717) is 5.69 Å². The average molecular weight is 347 g/mol. The van der Waals surface area contributed by atoms with E-state index in [1.165, 1.54) is 11.3 Å². The molecule has 0 bridgehead atoms. The number of aromatic nitrogens is 2. The number of para-hydroxylation sites is 1. The van der Waals surface area contributed by atoms with Gasteiger partial charge >= 0.3 is 0 Å². The fraction of sp³-hybridized carbons (Fsp3) is 0.100. The number of amides is 1. The Morgan fingerprint density at radius 2 is 1.76 bits per heavy atom. The number of nitrogens with one attached hydrogen (secondary N) is 1. The molecule has 4 aromatic rings. The van der Waals surface area contributed by atoms with Crippen molar-refractivity contribution in [1.29, 1.82) is 0 Å². The summed E-state index contributed by atoms with van der Waals surface area (Å²) in [6, 6.07) is 16.0. The van der Waals surface area contributed by atoms with Gasteiger partial charge in [0.1, 0.15) is 5.69 Å². The summed E-state index contributed by atoms with van der Waals surface area (Å²) in [6.45, 7) is 3.99. The van der Waals surface area contributed by atoms with Crippen molar-refractivity contribution in [2.24, 2.45) is 0 Å². The first kappa shape index (κ1) is 15.6. The normalized spacial score (nSPS) is 11.0. The number of imidazole rings is 1. The zero-order valence-corrected chi connectivity index (χ0v) is 14.8. The van der Waals surface area contributed by atoms with E-state index in [1.807, 2.05) is 78.4 Å². The second-order valence-corrected chi connectivity index (χ2v) is 6.82. The van der Waals surface area contributed by atoms with Crippen LogP contribution in [0.3, 0.4) is 0 Å². The van der Waals surface area contributed by atoms with Gasteiger partial charge in [-0.3, -0.25) is 9.20 Å². The average Bonchev–Trinajstić information content (AvgIpc) is 3.19. The lowest BCUT2D eigenvalue weighted by Crippen LogP contribution is -2.15. The Labute approximate surface area is 149 Å². The number of anilines is 1. The van der Waals surface area contributed by atoms with Crippen LogP contribution in [0, 0.1) is 13.8 Å². The van der Waals surface area contributed by atoms with Gasteiger partial charge in [0.05, 0.1) is 5.69 Å². The molecule has 124 valence electrons. The molecule has 0 unspecified atom stereocenters. The van der Waals surface area contributed by atoms with E-state index in [-0.39, 0.29) is 5.91 Å². The highest BCUT2D eigenvalue weighted by Crippen LogP contribution is 2.25. The van der Waals surface area contributed by atoms with Crippen molar-refractivity contribution in [2.45, 2.75) is 13.8 Å². The fourth-order valence-electron chi connectivity index (χ4n) is 2.88. The molecule has 2 aromatic heterocycles. The van der Waals surface area contributed by atoms with Gasteiger partial charge in [0.15, 0.2) is 4.96 Å². The Morgan fingerprint density at radius 1 is 1.04 bits per heavy atom. The van der Waals surface area contributed by atoms with E-state index in [1.54, 1.807) is 0 Å². The Balaban J connectivity index is 1.70. The van der Waals surface area contributed by atoms with E-state index >= 15 is 0 Å². The smallest absolute Gasteiger partial charge is 0.273 e. The number of thiazole rings is 1. The zero-order valence-electron chi connectivity index (χ0n) is 14.0. The molecule has 4 rings (SSSR count). The highest BCUT2D eigenvalue weighted by molar-refractivity contribution is 7.15. The molecule has 5 heteroatoms. The molecule has 1 N–H and O–H groups in total. The minimum Gasteiger partial charge on any atom is -0.320 e. The molecule has 0 saturated carbocycles. The zero-order chi connectivity index (χ0) is 17.4. The molecule has 0 aliphatic heterocycles. The number of hydrogen-bond donors (Lipinski definition) is 1. The van der Waals surface area contributed by atoms with Gasteiger partial charge < -0.3 is 5.32 Å². The monoisotopic (exact) mass is 347 g/mol. The quantitative estimate of drug-likeness (QED) is 0.571. The summed E-state index contributed by atoms with van der Waals surface area (Å²) in [7, 11) is 0. The van der Waals surface area contributed by atoms with E-state index in [4.69, 9.17) is 0 Å². The molecule has 1 amide bonds. The molecule has 2 aromatic carbocycles. The largest absolute Gasteiger partial charge is 0.320 e. The first-order valence-electron chi connectivity index (χ1n) is 8.03. The molecule has 0 saturated heterocycles. The SMILES string of the molecule is Cc1cccc(C)c1NC(=O)c1csc2nc(-c3ccccc3)cn12. The molecule has 25 heavy (non-hydrogen) atoms. The number of hydrogen-bond acceptors (Lipinski definition) is 3. The minimum atomic E-state index is -0.124. The number of rotatable bonds is 3. The van der Waals surface area contributed by atoms with Crippen LogP contribution < -0.4 is 5.32 Å². The lowest BCUT2D eigenvalue weighted by molar-refractivity contribution is 0.102. The molecule has 0 atom stereocenters. The molecule has 2 heterocycles. The third kappa shape index (κ3) is 2.83. The van der Waals surface area contributed by atoms with Crippen LogP contribution in [-0.2, 0) is 0 Å². The summed E-state index contributed by atoms with van der Waals surface area (Å²) in [5, 5.41) is 4.89. The van der Waals surface area contributed by atoms with Gasteiger partial charge in [0, 0.05) is 22.8 Å². The third-order valence-electron chi connectivity index (χ3n) is 4.23. The van der Waals surface area contributed by atoms with Crippen molar-refractivity contribution >= 4 is 27.9 Å². The fourth-order valence-corrected chi connectivity index (χ4v) is 3.74. The van der Waals surface area contributed by atoms with Crippen molar-refractivity contribution < 1.29 is 4.79 Å². The number of fused-ring (bicyclic) bond motifs is 1. The van der Waals surface area contributed by atoms with E-state index in [9.17, 15) is 4.79 Å². The second-order valence-electron chi connectivity index (χ2n) is 5.99. The van der Waals surface area contributed by atoms with Crippen LogP contribution in [-0.4, -0.2) is 15.3 Å². The molecule has 0 aliphatic rings. The summed E-state index contributed by atoms with van der Waals surface area (Å²) in [6.07, 6.45) is 1.92. The highest BCUT2D eigenvalue weighted by Gasteiger charge is 2.16.